The molecule has 0 aliphatic carbocycles. The van der Waals surface area contributed by atoms with Gasteiger partial charge in [0.25, 0.3) is 0 Å². The molecule has 9 heteroatoms. The first kappa shape index (κ1) is 14.5. The van der Waals surface area contributed by atoms with E-state index in [1.54, 1.807) is 16.0 Å². The van der Waals surface area contributed by atoms with E-state index in [0.29, 0.717) is 30.5 Å². The van der Waals surface area contributed by atoms with Gasteiger partial charge in [-0.3, -0.25) is 4.79 Å². The van der Waals surface area contributed by atoms with E-state index in [-0.39, 0.29) is 5.91 Å². The number of aromatic nitrogens is 4. The second kappa shape index (κ2) is 6.54. The molecule has 0 unspecified atom stereocenters. The lowest BCUT2D eigenvalue weighted by atomic mass is 10.1. The highest BCUT2D eigenvalue weighted by Crippen LogP contribution is 2.25. The SMILES string of the molecule is NCCn1nnnc1SCC(=O)N1CCc2sccc2C1. The van der Waals surface area contributed by atoms with Crippen LogP contribution in [0.25, 0.3) is 0 Å². The fraction of sp³-hybridized carbons (Fsp3) is 0.500. The quantitative estimate of drug-likeness (QED) is 0.799. The molecule has 7 nitrogen and oxygen atoms in total. The Morgan fingerprint density at radius 1 is 1.52 bits per heavy atom. The van der Waals surface area contributed by atoms with Gasteiger partial charge in [-0.15, -0.1) is 16.4 Å². The minimum Gasteiger partial charge on any atom is -0.337 e. The predicted molar refractivity (Wildman–Crippen MR) is 81.0 cm³/mol. The van der Waals surface area contributed by atoms with Crippen molar-refractivity contribution in [3.63, 3.8) is 0 Å². The van der Waals surface area contributed by atoms with Gasteiger partial charge in [-0.25, -0.2) is 4.68 Å². The van der Waals surface area contributed by atoms with Crippen molar-refractivity contribution in [2.45, 2.75) is 24.7 Å². The van der Waals surface area contributed by atoms with Crippen LogP contribution in [-0.4, -0.2) is 49.9 Å². The maximum absolute atomic E-state index is 12.3. The number of amides is 1. The van der Waals surface area contributed by atoms with Gasteiger partial charge in [0, 0.05) is 24.5 Å². The Bertz CT molecular complexity index is 625. The van der Waals surface area contributed by atoms with Crippen molar-refractivity contribution in [1.82, 2.24) is 25.1 Å². The number of hydrogen-bond acceptors (Lipinski definition) is 7. The van der Waals surface area contributed by atoms with E-state index in [2.05, 4.69) is 27.0 Å². The summed E-state index contributed by atoms with van der Waals surface area (Å²) in [5, 5.41) is 14.1. The summed E-state index contributed by atoms with van der Waals surface area (Å²) in [7, 11) is 0. The Balaban J connectivity index is 1.56. The molecular weight excluding hydrogens is 308 g/mol. The van der Waals surface area contributed by atoms with Crippen LogP contribution in [0.4, 0.5) is 0 Å². The molecular formula is C12H16N6OS2. The first-order valence-corrected chi connectivity index (χ1v) is 8.56. The number of thiophene rings is 1. The molecule has 2 N–H and O–H groups in total. The van der Waals surface area contributed by atoms with Crippen LogP contribution in [0.2, 0.25) is 0 Å². The molecule has 0 saturated heterocycles. The molecule has 0 atom stereocenters. The first-order chi connectivity index (χ1) is 10.3. The fourth-order valence-corrected chi connectivity index (χ4v) is 3.94. The zero-order valence-electron chi connectivity index (χ0n) is 11.4. The lowest BCUT2D eigenvalue weighted by Crippen LogP contribution is -2.36. The minimum absolute atomic E-state index is 0.124. The Labute approximate surface area is 130 Å². The average molecular weight is 324 g/mol. The number of nitrogens with zero attached hydrogens (tertiary/aromatic N) is 5. The Morgan fingerprint density at radius 3 is 3.29 bits per heavy atom. The molecule has 3 rings (SSSR count). The number of tetrazole rings is 1. The maximum Gasteiger partial charge on any atom is 0.233 e. The van der Waals surface area contributed by atoms with Gasteiger partial charge in [0.05, 0.1) is 12.3 Å². The third-order valence-corrected chi connectivity index (χ3v) is 5.29. The monoisotopic (exact) mass is 324 g/mol. The summed E-state index contributed by atoms with van der Waals surface area (Å²) >= 11 is 3.13. The number of carbonyl (C=O) groups excluding carboxylic acids is 1. The molecule has 112 valence electrons. The second-order valence-corrected chi connectivity index (χ2v) is 6.64. The van der Waals surface area contributed by atoms with Crippen molar-refractivity contribution in [2.75, 3.05) is 18.8 Å². The summed E-state index contributed by atoms with van der Waals surface area (Å²) in [5.74, 6) is 0.476. The van der Waals surface area contributed by atoms with Crippen LogP contribution < -0.4 is 5.73 Å². The van der Waals surface area contributed by atoms with Crippen LogP contribution in [0.5, 0.6) is 0 Å². The first-order valence-electron chi connectivity index (χ1n) is 6.70. The summed E-state index contributed by atoms with van der Waals surface area (Å²) in [5.41, 5.74) is 6.77. The summed E-state index contributed by atoms with van der Waals surface area (Å²) in [6, 6.07) is 2.11. The smallest absolute Gasteiger partial charge is 0.233 e. The van der Waals surface area contributed by atoms with E-state index in [4.69, 9.17) is 5.73 Å². The topological polar surface area (TPSA) is 89.9 Å². The molecule has 1 aliphatic rings. The zero-order valence-corrected chi connectivity index (χ0v) is 13.1. The van der Waals surface area contributed by atoms with Gasteiger partial charge in [-0.05, 0) is 33.9 Å². The van der Waals surface area contributed by atoms with Crippen LogP contribution in [0.3, 0.4) is 0 Å². The molecule has 21 heavy (non-hydrogen) atoms. The standard InChI is InChI=1S/C12H16N6OS2/c13-3-5-18-12(14-15-16-18)21-8-11(19)17-4-1-10-9(7-17)2-6-20-10/h2,6H,1,3-5,7-8,13H2. The van der Waals surface area contributed by atoms with E-state index >= 15 is 0 Å². The Kier molecular flexibility index (Phi) is 4.51. The van der Waals surface area contributed by atoms with Crippen molar-refractivity contribution in [3.8, 4) is 0 Å². The van der Waals surface area contributed by atoms with Crippen molar-refractivity contribution in [1.29, 1.82) is 0 Å². The molecule has 2 aromatic rings. The van der Waals surface area contributed by atoms with E-state index in [1.807, 2.05) is 4.90 Å². The number of fused-ring (bicyclic) bond motifs is 1. The number of hydrogen-bond donors (Lipinski definition) is 1. The normalized spacial score (nSPS) is 14.2. The van der Waals surface area contributed by atoms with Gasteiger partial charge in [0.2, 0.25) is 11.1 Å². The van der Waals surface area contributed by atoms with Gasteiger partial charge in [0.15, 0.2) is 0 Å². The van der Waals surface area contributed by atoms with Crippen LogP contribution in [-0.2, 0) is 24.3 Å². The Hall–Kier alpha value is -1.45. The molecule has 3 heterocycles. The van der Waals surface area contributed by atoms with Crippen LogP contribution in [0.1, 0.15) is 10.4 Å². The van der Waals surface area contributed by atoms with Gasteiger partial charge in [0.1, 0.15) is 0 Å². The predicted octanol–water partition coefficient (Wildman–Crippen LogP) is 0.370. The molecule has 0 spiro atoms. The van der Waals surface area contributed by atoms with E-state index in [9.17, 15) is 4.79 Å². The summed E-state index contributed by atoms with van der Waals surface area (Å²) in [6.45, 7) is 2.54. The van der Waals surface area contributed by atoms with Crippen molar-refractivity contribution in [3.05, 3.63) is 21.9 Å². The number of rotatable bonds is 5. The Morgan fingerprint density at radius 2 is 2.43 bits per heavy atom. The number of nitrogens with two attached hydrogens (primary N) is 1. The molecule has 0 fully saturated rings. The average Bonchev–Trinajstić information content (AvgIpc) is 3.13. The highest BCUT2D eigenvalue weighted by Gasteiger charge is 2.22. The highest BCUT2D eigenvalue weighted by atomic mass is 32.2. The van der Waals surface area contributed by atoms with E-state index in [1.165, 1.54) is 22.2 Å². The largest absolute Gasteiger partial charge is 0.337 e. The van der Waals surface area contributed by atoms with Gasteiger partial charge in [-0.1, -0.05) is 11.8 Å². The second-order valence-electron chi connectivity index (χ2n) is 4.70. The van der Waals surface area contributed by atoms with Crippen molar-refractivity contribution in [2.24, 2.45) is 5.73 Å². The lowest BCUT2D eigenvalue weighted by molar-refractivity contribution is -0.129. The number of thioether (sulfide) groups is 1. The van der Waals surface area contributed by atoms with Crippen molar-refractivity contribution >= 4 is 29.0 Å². The molecule has 0 bridgehead atoms. The summed E-state index contributed by atoms with van der Waals surface area (Å²) in [4.78, 5) is 15.6. The summed E-state index contributed by atoms with van der Waals surface area (Å²) in [6.07, 6.45) is 0.953. The van der Waals surface area contributed by atoms with Gasteiger partial charge in [-0.2, -0.15) is 0 Å². The van der Waals surface area contributed by atoms with E-state index < -0.39 is 0 Å². The molecule has 2 aromatic heterocycles. The lowest BCUT2D eigenvalue weighted by Gasteiger charge is -2.26. The fourth-order valence-electron chi connectivity index (χ4n) is 2.24. The minimum atomic E-state index is 0.124. The molecule has 0 radical (unpaired) electrons. The highest BCUT2D eigenvalue weighted by molar-refractivity contribution is 7.99. The molecule has 1 aliphatic heterocycles. The molecule has 1 amide bonds. The summed E-state index contributed by atoms with van der Waals surface area (Å²) < 4.78 is 1.63. The van der Waals surface area contributed by atoms with Gasteiger partial charge < -0.3 is 10.6 Å². The van der Waals surface area contributed by atoms with Gasteiger partial charge >= 0.3 is 0 Å². The number of carbonyl (C=O) groups is 1. The van der Waals surface area contributed by atoms with Crippen LogP contribution in [0, 0.1) is 0 Å². The third kappa shape index (κ3) is 3.25. The molecule has 0 aromatic carbocycles. The van der Waals surface area contributed by atoms with E-state index in [0.717, 1.165) is 13.0 Å². The zero-order chi connectivity index (χ0) is 14.7. The molecule has 0 saturated carbocycles. The van der Waals surface area contributed by atoms with Crippen LogP contribution >= 0.6 is 23.1 Å². The maximum atomic E-state index is 12.3. The van der Waals surface area contributed by atoms with Crippen LogP contribution in [0.15, 0.2) is 16.6 Å². The van der Waals surface area contributed by atoms with Crippen molar-refractivity contribution < 1.29 is 4.79 Å². The third-order valence-electron chi connectivity index (χ3n) is 3.33.